The van der Waals surface area contributed by atoms with Gasteiger partial charge >= 0.3 is 5.97 Å². The van der Waals surface area contributed by atoms with Crippen molar-refractivity contribution in [3.05, 3.63) is 37.1 Å². The number of allylic oxidation sites excluding steroid dienone is 3. The number of rotatable bonds is 9. The maximum Gasteiger partial charge on any atom is 0.309 e. The van der Waals surface area contributed by atoms with Crippen molar-refractivity contribution in [1.82, 2.24) is 0 Å². The van der Waals surface area contributed by atoms with Crippen LogP contribution in [0.3, 0.4) is 0 Å². The molecule has 120 valence electrons. The molecule has 0 aliphatic carbocycles. The van der Waals surface area contributed by atoms with E-state index in [2.05, 4.69) is 13.2 Å². The highest BCUT2D eigenvalue weighted by Gasteiger charge is 2.17. The van der Waals surface area contributed by atoms with Gasteiger partial charge in [0.05, 0.1) is 19.1 Å². The van der Waals surface area contributed by atoms with Gasteiger partial charge in [0.1, 0.15) is 5.76 Å². The summed E-state index contributed by atoms with van der Waals surface area (Å²) in [6.45, 7) is 11.2. The molecular formula is C15H24O5S. The standard InChI is InChI=1S/C8H12O.C7H12O4S/c1-4-7-8(5-2)9-6-3;1-5(8)12-4-6(3-11-2)7(9)10/h4-5,7H,1-2,6H2,3H3;6H,3-4H2,1-2H3,(H,9,10)/b8-7+;. The molecule has 21 heavy (non-hydrogen) atoms. The summed E-state index contributed by atoms with van der Waals surface area (Å²) >= 11 is 1.01. The fraction of sp³-hybridized carbons (Fsp3) is 0.467. The highest BCUT2D eigenvalue weighted by molar-refractivity contribution is 8.13. The Hall–Kier alpha value is -1.53. The van der Waals surface area contributed by atoms with Crippen LogP contribution in [0, 0.1) is 5.92 Å². The molecule has 0 aliphatic rings. The lowest BCUT2D eigenvalue weighted by atomic mass is 10.2. The number of carboxylic acids is 1. The Morgan fingerprint density at radius 3 is 2.33 bits per heavy atom. The molecule has 0 bridgehead atoms. The number of carbonyl (C=O) groups excluding carboxylic acids is 1. The summed E-state index contributed by atoms with van der Waals surface area (Å²) in [4.78, 5) is 21.0. The van der Waals surface area contributed by atoms with Crippen molar-refractivity contribution >= 4 is 22.8 Å². The molecule has 0 aliphatic heterocycles. The van der Waals surface area contributed by atoms with Gasteiger partial charge in [-0.2, -0.15) is 0 Å². The quantitative estimate of drug-likeness (QED) is 0.521. The molecule has 0 aromatic heterocycles. The Kier molecular flexibility index (Phi) is 15.4. The molecule has 0 spiro atoms. The second-order valence-corrected chi connectivity index (χ2v) is 4.93. The predicted molar refractivity (Wildman–Crippen MR) is 86.2 cm³/mol. The molecule has 0 amide bonds. The third-order valence-electron chi connectivity index (χ3n) is 2.00. The molecule has 1 N–H and O–H groups in total. The number of aliphatic carboxylic acids is 1. The van der Waals surface area contributed by atoms with E-state index in [0.717, 1.165) is 17.5 Å². The molecule has 0 saturated carbocycles. The van der Waals surface area contributed by atoms with Gasteiger partial charge in [-0.15, -0.1) is 0 Å². The zero-order valence-electron chi connectivity index (χ0n) is 12.8. The summed E-state index contributed by atoms with van der Waals surface area (Å²) in [5.41, 5.74) is 0. The molecular weight excluding hydrogens is 292 g/mol. The lowest BCUT2D eigenvalue weighted by Gasteiger charge is -2.08. The molecule has 1 unspecified atom stereocenters. The monoisotopic (exact) mass is 316 g/mol. The number of hydrogen-bond acceptors (Lipinski definition) is 5. The van der Waals surface area contributed by atoms with Gasteiger partial charge < -0.3 is 14.6 Å². The van der Waals surface area contributed by atoms with Gasteiger partial charge in [0.25, 0.3) is 0 Å². The molecule has 5 nitrogen and oxygen atoms in total. The van der Waals surface area contributed by atoms with Crippen molar-refractivity contribution in [2.24, 2.45) is 5.92 Å². The van der Waals surface area contributed by atoms with Gasteiger partial charge in [-0.3, -0.25) is 9.59 Å². The van der Waals surface area contributed by atoms with Crippen molar-refractivity contribution in [2.75, 3.05) is 26.1 Å². The minimum Gasteiger partial charge on any atom is -0.494 e. The van der Waals surface area contributed by atoms with E-state index >= 15 is 0 Å². The van der Waals surface area contributed by atoms with E-state index in [1.165, 1.54) is 14.0 Å². The second kappa shape index (κ2) is 14.9. The van der Waals surface area contributed by atoms with Crippen molar-refractivity contribution < 1.29 is 24.2 Å². The van der Waals surface area contributed by atoms with Crippen molar-refractivity contribution in [1.29, 1.82) is 0 Å². The summed E-state index contributed by atoms with van der Waals surface area (Å²) in [6, 6.07) is 0. The molecule has 6 heteroatoms. The normalized spacial score (nSPS) is 11.7. The first kappa shape index (κ1) is 21.8. The number of carbonyl (C=O) groups is 2. The minimum atomic E-state index is -0.925. The third-order valence-corrected chi connectivity index (χ3v) is 2.97. The van der Waals surface area contributed by atoms with Gasteiger partial charge in [-0.25, -0.2) is 0 Å². The third kappa shape index (κ3) is 14.7. The number of methoxy groups -OCH3 is 1. The van der Waals surface area contributed by atoms with E-state index in [-0.39, 0.29) is 17.5 Å². The first-order chi connectivity index (χ1) is 9.92. The Balaban J connectivity index is 0. The van der Waals surface area contributed by atoms with Gasteiger partial charge in [0.2, 0.25) is 0 Å². The van der Waals surface area contributed by atoms with E-state index < -0.39 is 11.9 Å². The average molecular weight is 316 g/mol. The van der Waals surface area contributed by atoms with Crippen LogP contribution in [-0.2, 0) is 19.1 Å². The molecule has 0 saturated heterocycles. The summed E-state index contributed by atoms with van der Waals surface area (Å²) in [6.07, 6.45) is 5.11. The fourth-order valence-electron chi connectivity index (χ4n) is 1.07. The maximum absolute atomic E-state index is 10.5. The molecule has 0 aromatic rings. The fourth-order valence-corrected chi connectivity index (χ4v) is 1.74. The number of thioether (sulfide) groups is 1. The van der Waals surface area contributed by atoms with Crippen LogP contribution in [0.2, 0.25) is 0 Å². The van der Waals surface area contributed by atoms with Gasteiger partial charge in [0.15, 0.2) is 5.12 Å². The van der Waals surface area contributed by atoms with Crippen LogP contribution < -0.4 is 0 Å². The molecule has 1 atom stereocenters. The van der Waals surface area contributed by atoms with Crippen LogP contribution in [0.25, 0.3) is 0 Å². The van der Waals surface area contributed by atoms with Crippen LogP contribution in [0.1, 0.15) is 13.8 Å². The van der Waals surface area contributed by atoms with Crippen molar-refractivity contribution in [2.45, 2.75) is 13.8 Å². The number of carboxylic acid groups (broad SMARTS) is 1. The van der Waals surface area contributed by atoms with E-state index in [4.69, 9.17) is 14.6 Å². The largest absolute Gasteiger partial charge is 0.494 e. The van der Waals surface area contributed by atoms with Gasteiger partial charge in [-0.05, 0) is 19.1 Å². The zero-order chi connectivity index (χ0) is 16.7. The molecule has 0 fully saturated rings. The van der Waals surface area contributed by atoms with E-state index in [9.17, 15) is 9.59 Å². The Bertz CT molecular complexity index is 363. The van der Waals surface area contributed by atoms with Crippen molar-refractivity contribution in [3.63, 3.8) is 0 Å². The summed E-state index contributed by atoms with van der Waals surface area (Å²) in [5.74, 6) is -0.472. The number of hydrogen-bond donors (Lipinski definition) is 1. The first-order valence-electron chi connectivity index (χ1n) is 6.35. The van der Waals surface area contributed by atoms with E-state index in [0.29, 0.717) is 6.61 Å². The second-order valence-electron chi connectivity index (χ2n) is 3.73. The molecule has 0 aromatic carbocycles. The van der Waals surface area contributed by atoms with Crippen LogP contribution in [0.5, 0.6) is 0 Å². The highest BCUT2D eigenvalue weighted by atomic mass is 32.2. The van der Waals surface area contributed by atoms with Crippen LogP contribution in [0.4, 0.5) is 0 Å². The Labute approximate surface area is 130 Å². The summed E-state index contributed by atoms with van der Waals surface area (Å²) in [7, 11) is 1.44. The molecule has 0 radical (unpaired) electrons. The Morgan fingerprint density at radius 2 is 2.00 bits per heavy atom. The van der Waals surface area contributed by atoms with Crippen LogP contribution >= 0.6 is 11.8 Å². The molecule has 0 rings (SSSR count). The topological polar surface area (TPSA) is 72.8 Å². The SMILES string of the molecule is C=C/C=C(\C=C)OCC.COCC(CSC(C)=O)C(=O)O. The smallest absolute Gasteiger partial charge is 0.309 e. The number of ether oxygens (including phenoxy) is 2. The minimum absolute atomic E-state index is 0.0719. The first-order valence-corrected chi connectivity index (χ1v) is 7.34. The van der Waals surface area contributed by atoms with Crippen LogP contribution in [-0.4, -0.2) is 42.3 Å². The van der Waals surface area contributed by atoms with Gasteiger partial charge in [0, 0.05) is 19.8 Å². The Morgan fingerprint density at radius 1 is 1.38 bits per heavy atom. The van der Waals surface area contributed by atoms with Crippen LogP contribution in [0.15, 0.2) is 37.1 Å². The van der Waals surface area contributed by atoms with Crippen molar-refractivity contribution in [3.8, 4) is 0 Å². The predicted octanol–water partition coefficient (Wildman–Crippen LogP) is 2.89. The lowest BCUT2D eigenvalue weighted by Crippen LogP contribution is -2.21. The lowest BCUT2D eigenvalue weighted by molar-refractivity contribution is -0.142. The summed E-state index contributed by atoms with van der Waals surface area (Å²) < 4.78 is 9.80. The van der Waals surface area contributed by atoms with E-state index in [1.807, 2.05) is 6.92 Å². The average Bonchev–Trinajstić information content (AvgIpc) is 2.43. The van der Waals surface area contributed by atoms with Gasteiger partial charge in [-0.1, -0.05) is 31.0 Å². The zero-order valence-corrected chi connectivity index (χ0v) is 13.6. The highest BCUT2D eigenvalue weighted by Crippen LogP contribution is 2.09. The van der Waals surface area contributed by atoms with E-state index in [1.54, 1.807) is 18.2 Å². The maximum atomic E-state index is 10.5. The molecule has 0 heterocycles. The summed E-state index contributed by atoms with van der Waals surface area (Å²) in [5, 5.41) is 8.54.